The summed E-state index contributed by atoms with van der Waals surface area (Å²) in [5.41, 5.74) is 5.68. The maximum atomic E-state index is 12.2. The lowest BCUT2D eigenvalue weighted by molar-refractivity contribution is 0.582. The second kappa shape index (κ2) is 6.21. The number of nitrogen functional groups attached to an aromatic ring is 1. The van der Waals surface area contributed by atoms with E-state index < -0.39 is 10.0 Å². The number of halogens is 3. The third-order valence-corrected chi connectivity index (χ3v) is 6.36. The van der Waals surface area contributed by atoms with Crippen LogP contribution in [0.3, 0.4) is 0 Å². The Kier molecular flexibility index (Phi) is 4.99. The van der Waals surface area contributed by atoms with E-state index in [0.717, 1.165) is 8.66 Å². The fourth-order valence-electron chi connectivity index (χ4n) is 1.45. The maximum absolute atomic E-state index is 12.2. The van der Waals surface area contributed by atoms with E-state index in [0.29, 0.717) is 0 Å². The molecule has 3 N–H and O–H groups in total. The number of nitrogens with one attached hydrogen (secondary N) is 1. The second-order valence-corrected chi connectivity index (χ2v) is 8.87. The number of hydrogen-bond donors (Lipinski definition) is 2. The molecule has 1 aromatic carbocycles. The Morgan fingerprint density at radius 2 is 1.95 bits per heavy atom. The summed E-state index contributed by atoms with van der Waals surface area (Å²) in [7, 11) is -3.75. The Labute approximate surface area is 139 Å². The summed E-state index contributed by atoms with van der Waals surface area (Å²) in [6, 6.07) is 6.41. The van der Waals surface area contributed by atoms with Crippen molar-refractivity contribution in [1.29, 1.82) is 0 Å². The molecule has 0 bridgehead atoms. The first kappa shape index (κ1) is 16.1. The zero-order chi connectivity index (χ0) is 14.9. The van der Waals surface area contributed by atoms with Gasteiger partial charge in [0.15, 0.2) is 0 Å². The van der Waals surface area contributed by atoms with Crippen LogP contribution in [0.4, 0.5) is 5.69 Å². The number of anilines is 1. The quantitative estimate of drug-likeness (QED) is 0.744. The molecular formula is C11H9BrCl2N2O2S2. The first-order valence-corrected chi connectivity index (χ1v) is 9.13. The molecule has 0 fully saturated rings. The van der Waals surface area contributed by atoms with Gasteiger partial charge in [0.2, 0.25) is 10.0 Å². The lowest BCUT2D eigenvalue weighted by Gasteiger charge is -2.10. The van der Waals surface area contributed by atoms with Gasteiger partial charge in [-0.2, -0.15) is 0 Å². The zero-order valence-electron chi connectivity index (χ0n) is 9.86. The zero-order valence-corrected chi connectivity index (χ0v) is 14.6. The average Bonchev–Trinajstić information content (AvgIpc) is 2.79. The van der Waals surface area contributed by atoms with E-state index >= 15 is 0 Å². The molecule has 0 unspecified atom stereocenters. The van der Waals surface area contributed by atoms with Crippen LogP contribution in [0.5, 0.6) is 0 Å². The number of benzene rings is 1. The first-order chi connectivity index (χ1) is 9.31. The molecule has 0 spiro atoms. The Balaban J connectivity index is 2.25. The van der Waals surface area contributed by atoms with Crippen molar-refractivity contribution in [3.05, 3.63) is 43.0 Å². The van der Waals surface area contributed by atoms with Crippen LogP contribution in [0, 0.1) is 0 Å². The molecule has 9 heteroatoms. The third kappa shape index (κ3) is 3.47. The molecule has 0 atom stereocenters. The number of thiophene rings is 1. The van der Waals surface area contributed by atoms with Gasteiger partial charge in [0.05, 0.1) is 19.5 Å². The fraction of sp³-hybridized carbons (Fsp3) is 0.0909. The van der Waals surface area contributed by atoms with Crippen LogP contribution in [0.2, 0.25) is 10.0 Å². The highest BCUT2D eigenvalue weighted by molar-refractivity contribution is 9.11. The van der Waals surface area contributed by atoms with Gasteiger partial charge in [0.1, 0.15) is 4.90 Å². The highest BCUT2D eigenvalue weighted by Gasteiger charge is 2.20. The van der Waals surface area contributed by atoms with Crippen molar-refractivity contribution >= 4 is 66.2 Å². The summed E-state index contributed by atoms with van der Waals surface area (Å²) in [5, 5.41) is 0.147. The van der Waals surface area contributed by atoms with Crippen molar-refractivity contribution in [2.24, 2.45) is 0 Å². The van der Waals surface area contributed by atoms with Crippen LogP contribution in [0.15, 0.2) is 32.9 Å². The predicted molar refractivity (Wildman–Crippen MR) is 86.9 cm³/mol. The van der Waals surface area contributed by atoms with Crippen molar-refractivity contribution in [2.75, 3.05) is 5.73 Å². The normalized spacial score (nSPS) is 11.8. The van der Waals surface area contributed by atoms with Crippen molar-refractivity contribution in [1.82, 2.24) is 4.72 Å². The van der Waals surface area contributed by atoms with E-state index in [1.54, 1.807) is 0 Å². The molecule has 1 aromatic heterocycles. The van der Waals surface area contributed by atoms with E-state index in [1.807, 2.05) is 12.1 Å². The van der Waals surface area contributed by atoms with E-state index in [1.165, 1.54) is 23.5 Å². The minimum absolute atomic E-state index is 0.0510. The monoisotopic (exact) mass is 414 g/mol. The molecule has 0 aliphatic rings. The summed E-state index contributed by atoms with van der Waals surface area (Å²) in [5.74, 6) is 0. The van der Waals surface area contributed by atoms with E-state index in [2.05, 4.69) is 20.7 Å². The van der Waals surface area contributed by atoms with Crippen molar-refractivity contribution in [3.63, 3.8) is 0 Å². The third-order valence-electron chi connectivity index (χ3n) is 2.45. The standard InChI is InChI=1S/C11H9BrCl2N2O2S2/c12-9-4-1-6(19-9)5-16-20(17,18)8-3-2-7(13)11(15)10(8)14/h1-4,16H,5,15H2. The molecule has 108 valence electrons. The van der Waals surface area contributed by atoms with Gasteiger partial charge in [-0.05, 0) is 40.2 Å². The minimum atomic E-state index is -3.75. The summed E-state index contributed by atoms with van der Waals surface area (Å²) < 4.78 is 27.8. The molecule has 4 nitrogen and oxygen atoms in total. The van der Waals surface area contributed by atoms with Crippen LogP contribution < -0.4 is 10.5 Å². The Hall–Kier alpha value is -0.310. The average molecular weight is 416 g/mol. The van der Waals surface area contributed by atoms with Gasteiger partial charge < -0.3 is 5.73 Å². The van der Waals surface area contributed by atoms with E-state index in [9.17, 15) is 8.42 Å². The summed E-state index contributed by atoms with van der Waals surface area (Å²) >= 11 is 16.5. The van der Waals surface area contributed by atoms with Gasteiger partial charge in [-0.3, -0.25) is 0 Å². The smallest absolute Gasteiger partial charge is 0.242 e. The van der Waals surface area contributed by atoms with Crippen LogP contribution >= 0.6 is 50.5 Å². The highest BCUT2D eigenvalue weighted by Crippen LogP contribution is 2.33. The highest BCUT2D eigenvalue weighted by atomic mass is 79.9. The number of sulfonamides is 1. The minimum Gasteiger partial charge on any atom is -0.396 e. The molecule has 0 saturated heterocycles. The van der Waals surface area contributed by atoms with Crippen LogP contribution in [-0.4, -0.2) is 8.42 Å². The fourth-order valence-corrected chi connectivity index (χ4v) is 4.73. The predicted octanol–water partition coefficient (Wildman–Crippen LogP) is 3.88. The van der Waals surface area contributed by atoms with Gasteiger partial charge >= 0.3 is 0 Å². The summed E-state index contributed by atoms with van der Waals surface area (Å²) in [4.78, 5) is 0.787. The Bertz CT molecular complexity index is 747. The molecule has 0 amide bonds. The van der Waals surface area contributed by atoms with Crippen molar-refractivity contribution in [2.45, 2.75) is 11.4 Å². The van der Waals surface area contributed by atoms with Crippen LogP contribution in [0.1, 0.15) is 4.88 Å². The number of rotatable bonds is 4. The van der Waals surface area contributed by atoms with Crippen molar-refractivity contribution in [3.8, 4) is 0 Å². The topological polar surface area (TPSA) is 72.2 Å². The molecule has 0 saturated carbocycles. The van der Waals surface area contributed by atoms with Gasteiger partial charge in [0.25, 0.3) is 0 Å². The van der Waals surface area contributed by atoms with E-state index in [4.69, 9.17) is 28.9 Å². The summed E-state index contributed by atoms with van der Waals surface area (Å²) in [6.45, 7) is 0.178. The molecule has 0 aliphatic heterocycles. The Morgan fingerprint density at radius 3 is 2.55 bits per heavy atom. The molecule has 0 aliphatic carbocycles. The molecular weight excluding hydrogens is 407 g/mol. The second-order valence-electron chi connectivity index (χ2n) is 3.80. The molecule has 1 heterocycles. The molecule has 2 aromatic rings. The SMILES string of the molecule is Nc1c(Cl)ccc(S(=O)(=O)NCc2ccc(Br)s2)c1Cl. The van der Waals surface area contributed by atoms with Gasteiger partial charge in [-0.1, -0.05) is 23.2 Å². The lowest BCUT2D eigenvalue weighted by atomic mass is 10.3. The van der Waals surface area contributed by atoms with Gasteiger partial charge in [0, 0.05) is 11.4 Å². The lowest BCUT2D eigenvalue weighted by Crippen LogP contribution is -2.23. The van der Waals surface area contributed by atoms with Gasteiger partial charge in [-0.15, -0.1) is 11.3 Å². The van der Waals surface area contributed by atoms with Gasteiger partial charge in [-0.25, -0.2) is 13.1 Å². The van der Waals surface area contributed by atoms with Crippen LogP contribution in [-0.2, 0) is 16.6 Å². The first-order valence-electron chi connectivity index (χ1n) is 5.28. The number of hydrogen-bond acceptors (Lipinski definition) is 4. The molecule has 20 heavy (non-hydrogen) atoms. The van der Waals surface area contributed by atoms with E-state index in [-0.39, 0.29) is 27.2 Å². The van der Waals surface area contributed by atoms with Crippen LogP contribution in [0.25, 0.3) is 0 Å². The molecule has 0 radical (unpaired) electrons. The Morgan fingerprint density at radius 1 is 1.25 bits per heavy atom. The molecule has 2 rings (SSSR count). The maximum Gasteiger partial charge on any atom is 0.242 e. The number of nitrogens with two attached hydrogens (primary N) is 1. The van der Waals surface area contributed by atoms with Crippen molar-refractivity contribution < 1.29 is 8.42 Å². The summed E-state index contributed by atoms with van der Waals surface area (Å²) in [6.07, 6.45) is 0. The largest absolute Gasteiger partial charge is 0.396 e.